The standard InChI is InChI=1S/C25H25N3O3/c1-16(2)23(29)26-19-13-11-18(12-14-19)24(30)28-22-10-5-4-9-21(22)25(31)27-20-8-6-7-17(3)15-20/h4-16H,1-3H3,(H,26,29)(H,27,31)(H,28,30). The lowest BCUT2D eigenvalue weighted by molar-refractivity contribution is -0.118. The number of para-hydroxylation sites is 1. The number of benzene rings is 3. The van der Waals surface area contributed by atoms with Crippen LogP contribution in [0, 0.1) is 12.8 Å². The molecule has 3 aromatic rings. The lowest BCUT2D eigenvalue weighted by Crippen LogP contribution is -2.19. The Morgan fingerprint density at radius 3 is 2.10 bits per heavy atom. The van der Waals surface area contributed by atoms with Crippen molar-refractivity contribution < 1.29 is 14.4 Å². The normalized spacial score (nSPS) is 10.5. The highest BCUT2D eigenvalue weighted by atomic mass is 16.2. The smallest absolute Gasteiger partial charge is 0.257 e. The molecule has 0 saturated carbocycles. The first-order valence-corrected chi connectivity index (χ1v) is 10.0. The molecule has 31 heavy (non-hydrogen) atoms. The van der Waals surface area contributed by atoms with Gasteiger partial charge in [-0.25, -0.2) is 0 Å². The largest absolute Gasteiger partial charge is 0.326 e. The fourth-order valence-electron chi connectivity index (χ4n) is 2.90. The molecule has 0 bridgehead atoms. The van der Waals surface area contributed by atoms with Crippen molar-refractivity contribution in [1.29, 1.82) is 0 Å². The van der Waals surface area contributed by atoms with Gasteiger partial charge in [0, 0.05) is 22.9 Å². The van der Waals surface area contributed by atoms with E-state index in [1.54, 1.807) is 48.5 Å². The zero-order valence-corrected chi connectivity index (χ0v) is 17.7. The summed E-state index contributed by atoms with van der Waals surface area (Å²) in [5.41, 5.74) is 3.52. The summed E-state index contributed by atoms with van der Waals surface area (Å²) < 4.78 is 0. The minimum Gasteiger partial charge on any atom is -0.326 e. The molecule has 3 N–H and O–H groups in total. The SMILES string of the molecule is Cc1cccc(NC(=O)c2ccccc2NC(=O)c2ccc(NC(=O)C(C)C)cc2)c1. The third kappa shape index (κ3) is 5.79. The van der Waals surface area contributed by atoms with Crippen LogP contribution in [0.1, 0.15) is 40.1 Å². The van der Waals surface area contributed by atoms with Crippen molar-refractivity contribution in [1.82, 2.24) is 0 Å². The minimum atomic E-state index is -0.349. The number of hydrogen-bond donors (Lipinski definition) is 3. The lowest BCUT2D eigenvalue weighted by Gasteiger charge is -2.12. The molecule has 3 amide bonds. The van der Waals surface area contributed by atoms with Gasteiger partial charge in [0.2, 0.25) is 5.91 Å². The number of carbonyl (C=O) groups excluding carboxylic acids is 3. The van der Waals surface area contributed by atoms with Crippen LogP contribution in [0.2, 0.25) is 0 Å². The van der Waals surface area contributed by atoms with Gasteiger partial charge in [-0.05, 0) is 61.0 Å². The fraction of sp³-hybridized carbons (Fsp3) is 0.160. The molecular formula is C25H25N3O3. The molecule has 0 saturated heterocycles. The maximum absolute atomic E-state index is 12.8. The second kappa shape index (κ2) is 9.71. The number of amides is 3. The number of aryl methyl sites for hydroxylation is 1. The first-order valence-electron chi connectivity index (χ1n) is 10.0. The van der Waals surface area contributed by atoms with Gasteiger partial charge in [-0.15, -0.1) is 0 Å². The average Bonchev–Trinajstić information content (AvgIpc) is 2.74. The topological polar surface area (TPSA) is 87.3 Å². The van der Waals surface area contributed by atoms with Crippen molar-refractivity contribution in [3.05, 3.63) is 89.5 Å². The van der Waals surface area contributed by atoms with Crippen molar-refractivity contribution in [2.45, 2.75) is 20.8 Å². The number of nitrogens with one attached hydrogen (secondary N) is 3. The third-order valence-electron chi connectivity index (χ3n) is 4.63. The Bertz CT molecular complexity index is 1110. The second-order valence-corrected chi connectivity index (χ2v) is 7.54. The molecule has 0 atom stereocenters. The first kappa shape index (κ1) is 21.8. The van der Waals surface area contributed by atoms with Crippen molar-refractivity contribution in [2.75, 3.05) is 16.0 Å². The molecule has 0 spiro atoms. The van der Waals surface area contributed by atoms with E-state index >= 15 is 0 Å². The zero-order valence-electron chi connectivity index (χ0n) is 17.7. The monoisotopic (exact) mass is 415 g/mol. The second-order valence-electron chi connectivity index (χ2n) is 7.54. The van der Waals surface area contributed by atoms with E-state index in [-0.39, 0.29) is 23.6 Å². The number of rotatable bonds is 6. The quantitative estimate of drug-likeness (QED) is 0.524. The molecule has 0 fully saturated rings. The van der Waals surface area contributed by atoms with Gasteiger partial charge in [0.25, 0.3) is 11.8 Å². The van der Waals surface area contributed by atoms with Crippen LogP contribution >= 0.6 is 0 Å². The number of carbonyl (C=O) groups is 3. The highest BCUT2D eigenvalue weighted by Crippen LogP contribution is 2.20. The molecule has 3 rings (SSSR count). The Hall–Kier alpha value is -3.93. The first-order chi connectivity index (χ1) is 14.8. The number of hydrogen-bond acceptors (Lipinski definition) is 3. The Balaban J connectivity index is 1.72. The Kier molecular flexibility index (Phi) is 6.82. The van der Waals surface area contributed by atoms with Crippen molar-refractivity contribution in [3.8, 4) is 0 Å². The maximum Gasteiger partial charge on any atom is 0.257 e. The van der Waals surface area contributed by atoms with E-state index in [9.17, 15) is 14.4 Å². The summed E-state index contributed by atoms with van der Waals surface area (Å²) in [6.45, 7) is 5.57. The third-order valence-corrected chi connectivity index (χ3v) is 4.63. The Morgan fingerprint density at radius 2 is 1.42 bits per heavy atom. The van der Waals surface area contributed by atoms with Gasteiger partial charge in [-0.2, -0.15) is 0 Å². The Morgan fingerprint density at radius 1 is 0.710 bits per heavy atom. The maximum atomic E-state index is 12.8. The van der Waals surface area contributed by atoms with E-state index in [1.165, 1.54) is 0 Å². The molecule has 3 aromatic carbocycles. The Labute approximate surface area is 181 Å². The molecule has 0 heterocycles. The van der Waals surface area contributed by atoms with Crippen molar-refractivity contribution in [3.63, 3.8) is 0 Å². The summed E-state index contributed by atoms with van der Waals surface area (Å²) in [6, 6.07) is 20.9. The summed E-state index contributed by atoms with van der Waals surface area (Å²) in [4.78, 5) is 37.3. The van der Waals surface area contributed by atoms with E-state index in [1.807, 2.05) is 45.0 Å². The lowest BCUT2D eigenvalue weighted by atomic mass is 10.1. The highest BCUT2D eigenvalue weighted by molar-refractivity contribution is 6.12. The van der Waals surface area contributed by atoms with E-state index in [4.69, 9.17) is 0 Å². The zero-order chi connectivity index (χ0) is 22.4. The molecule has 6 nitrogen and oxygen atoms in total. The molecule has 6 heteroatoms. The summed E-state index contributed by atoms with van der Waals surface area (Å²) in [5.74, 6) is -0.887. The van der Waals surface area contributed by atoms with Gasteiger partial charge < -0.3 is 16.0 Å². The van der Waals surface area contributed by atoms with Gasteiger partial charge in [0.05, 0.1) is 11.3 Å². The highest BCUT2D eigenvalue weighted by Gasteiger charge is 2.15. The van der Waals surface area contributed by atoms with Crippen molar-refractivity contribution >= 4 is 34.8 Å². The summed E-state index contributed by atoms with van der Waals surface area (Å²) in [6.07, 6.45) is 0. The molecule has 0 radical (unpaired) electrons. The van der Waals surface area contributed by atoms with Gasteiger partial charge in [0.15, 0.2) is 0 Å². The van der Waals surface area contributed by atoms with Crippen LogP contribution < -0.4 is 16.0 Å². The van der Waals surface area contributed by atoms with Gasteiger partial charge in [-0.3, -0.25) is 14.4 Å². The van der Waals surface area contributed by atoms with Crippen molar-refractivity contribution in [2.24, 2.45) is 5.92 Å². The summed E-state index contributed by atoms with van der Waals surface area (Å²) >= 11 is 0. The van der Waals surface area contributed by atoms with E-state index < -0.39 is 0 Å². The van der Waals surface area contributed by atoms with Crippen LogP contribution in [0.5, 0.6) is 0 Å². The number of anilines is 3. The van der Waals surface area contributed by atoms with E-state index in [0.717, 1.165) is 5.56 Å². The molecule has 0 aliphatic rings. The summed E-state index contributed by atoms with van der Waals surface area (Å²) in [7, 11) is 0. The van der Waals surface area contributed by atoms with Crippen LogP contribution in [-0.4, -0.2) is 17.7 Å². The van der Waals surface area contributed by atoms with Crippen LogP contribution in [0.3, 0.4) is 0 Å². The van der Waals surface area contributed by atoms with Gasteiger partial charge in [0.1, 0.15) is 0 Å². The molecule has 0 aromatic heterocycles. The molecular weight excluding hydrogens is 390 g/mol. The predicted molar refractivity (Wildman–Crippen MR) is 123 cm³/mol. The fourth-order valence-corrected chi connectivity index (χ4v) is 2.90. The summed E-state index contributed by atoms with van der Waals surface area (Å²) in [5, 5.41) is 8.44. The average molecular weight is 415 g/mol. The van der Waals surface area contributed by atoms with E-state index in [0.29, 0.717) is 28.2 Å². The van der Waals surface area contributed by atoms with Crippen LogP contribution in [0.15, 0.2) is 72.8 Å². The van der Waals surface area contributed by atoms with Gasteiger partial charge >= 0.3 is 0 Å². The van der Waals surface area contributed by atoms with Crippen LogP contribution in [0.25, 0.3) is 0 Å². The van der Waals surface area contributed by atoms with E-state index in [2.05, 4.69) is 16.0 Å². The molecule has 0 aliphatic heterocycles. The molecule has 158 valence electrons. The molecule has 0 unspecified atom stereocenters. The molecule has 0 aliphatic carbocycles. The van der Waals surface area contributed by atoms with Gasteiger partial charge in [-0.1, -0.05) is 38.1 Å². The van der Waals surface area contributed by atoms with Crippen LogP contribution in [0.4, 0.5) is 17.1 Å². The van der Waals surface area contributed by atoms with Crippen LogP contribution in [-0.2, 0) is 4.79 Å². The predicted octanol–water partition coefficient (Wildman–Crippen LogP) is 5.09. The minimum absolute atomic E-state index is 0.0919.